The van der Waals surface area contributed by atoms with Gasteiger partial charge in [0.05, 0.1) is 11.8 Å². The molecule has 0 aliphatic rings. The lowest BCUT2D eigenvalue weighted by Gasteiger charge is -2.25. The van der Waals surface area contributed by atoms with E-state index in [1.165, 1.54) is 0 Å². The molecule has 0 aromatic carbocycles. The minimum atomic E-state index is -0.659. The van der Waals surface area contributed by atoms with Gasteiger partial charge < -0.3 is 10.4 Å². The highest BCUT2D eigenvalue weighted by Crippen LogP contribution is 2.15. The van der Waals surface area contributed by atoms with Crippen LogP contribution < -0.4 is 5.32 Å². The molecule has 2 aromatic heterocycles. The van der Waals surface area contributed by atoms with E-state index in [0.29, 0.717) is 6.54 Å². The van der Waals surface area contributed by atoms with Crippen LogP contribution in [0.25, 0.3) is 5.65 Å². The zero-order valence-electron chi connectivity index (χ0n) is 10.2. The maximum atomic E-state index is 10.2. The van der Waals surface area contributed by atoms with Crippen molar-refractivity contribution in [2.75, 3.05) is 11.9 Å². The van der Waals surface area contributed by atoms with E-state index in [9.17, 15) is 5.11 Å². The number of hydrogen-bond donors (Lipinski definition) is 2. The van der Waals surface area contributed by atoms with Crippen LogP contribution in [-0.2, 0) is 0 Å². The van der Waals surface area contributed by atoms with E-state index in [2.05, 4.69) is 15.4 Å². The molecule has 0 radical (unpaired) electrons. The molecular weight excluding hydrogens is 216 g/mol. The summed E-state index contributed by atoms with van der Waals surface area (Å²) >= 11 is 0. The maximum absolute atomic E-state index is 10.2. The monoisotopic (exact) mass is 234 g/mol. The van der Waals surface area contributed by atoms with Crippen molar-refractivity contribution in [2.45, 2.75) is 32.3 Å². The fraction of sp³-hybridized carbons (Fsp3) is 0.500. The van der Waals surface area contributed by atoms with Gasteiger partial charge in [0.15, 0.2) is 5.65 Å². The molecule has 0 spiro atoms. The van der Waals surface area contributed by atoms with E-state index < -0.39 is 5.60 Å². The first-order valence-corrected chi connectivity index (χ1v) is 5.93. The lowest BCUT2D eigenvalue weighted by Crippen LogP contribution is -2.35. The van der Waals surface area contributed by atoms with Gasteiger partial charge in [0.1, 0.15) is 5.82 Å². The fourth-order valence-electron chi connectivity index (χ4n) is 1.67. The molecule has 0 amide bonds. The van der Waals surface area contributed by atoms with Crippen LogP contribution in [0.15, 0.2) is 24.5 Å². The summed E-state index contributed by atoms with van der Waals surface area (Å²) in [7, 11) is 0. The Morgan fingerprint density at radius 2 is 2.12 bits per heavy atom. The topological polar surface area (TPSA) is 62.5 Å². The van der Waals surface area contributed by atoms with E-state index in [4.69, 9.17) is 0 Å². The molecule has 5 nitrogen and oxygen atoms in total. The van der Waals surface area contributed by atoms with Gasteiger partial charge in [-0.05, 0) is 18.9 Å². The van der Waals surface area contributed by atoms with E-state index in [-0.39, 0.29) is 0 Å². The van der Waals surface area contributed by atoms with Crippen molar-refractivity contribution >= 4 is 11.5 Å². The average molecular weight is 234 g/mol. The Balaban J connectivity index is 2.08. The van der Waals surface area contributed by atoms with E-state index in [1.54, 1.807) is 10.7 Å². The zero-order valence-corrected chi connectivity index (χ0v) is 10.2. The normalized spacial score (nSPS) is 11.9. The predicted octanol–water partition coefficient (Wildman–Crippen LogP) is 1.69. The Morgan fingerprint density at radius 3 is 2.82 bits per heavy atom. The van der Waals surface area contributed by atoms with Gasteiger partial charge >= 0.3 is 0 Å². The number of anilines is 1. The summed E-state index contributed by atoms with van der Waals surface area (Å²) in [6, 6.07) is 3.70. The van der Waals surface area contributed by atoms with Crippen LogP contribution in [-0.4, -0.2) is 31.9 Å². The Hall–Kier alpha value is -1.62. The molecular formula is C12H18N4O. The Bertz CT molecular complexity index is 490. The first-order valence-electron chi connectivity index (χ1n) is 5.93. The van der Waals surface area contributed by atoms with Crippen LogP contribution in [0.2, 0.25) is 0 Å². The van der Waals surface area contributed by atoms with Crippen LogP contribution in [0.5, 0.6) is 0 Å². The van der Waals surface area contributed by atoms with Crippen molar-refractivity contribution in [3.63, 3.8) is 0 Å². The smallest absolute Gasteiger partial charge is 0.157 e. The van der Waals surface area contributed by atoms with Crippen LogP contribution in [0.4, 0.5) is 5.82 Å². The van der Waals surface area contributed by atoms with Gasteiger partial charge in [0.25, 0.3) is 0 Å². The van der Waals surface area contributed by atoms with Crippen LogP contribution in [0.3, 0.4) is 0 Å². The van der Waals surface area contributed by atoms with Gasteiger partial charge in [0.2, 0.25) is 0 Å². The number of aromatic nitrogens is 3. The van der Waals surface area contributed by atoms with Crippen molar-refractivity contribution in [3.05, 3.63) is 24.5 Å². The molecule has 2 rings (SSSR count). The Kier molecular flexibility index (Phi) is 3.28. The molecule has 2 aromatic rings. The number of aliphatic hydroxyl groups is 1. The molecule has 0 atom stereocenters. The molecule has 0 saturated heterocycles. The summed E-state index contributed by atoms with van der Waals surface area (Å²) in [4.78, 5) is 4.39. The van der Waals surface area contributed by atoms with Crippen LogP contribution in [0, 0.1) is 0 Å². The van der Waals surface area contributed by atoms with E-state index in [0.717, 1.165) is 24.3 Å². The third kappa shape index (κ3) is 2.55. The van der Waals surface area contributed by atoms with Crippen LogP contribution in [0.1, 0.15) is 26.7 Å². The first-order chi connectivity index (χ1) is 8.17. The summed E-state index contributed by atoms with van der Waals surface area (Å²) in [6.07, 6.45) is 5.01. The van der Waals surface area contributed by atoms with Gasteiger partial charge in [-0.25, -0.2) is 9.50 Å². The molecule has 5 heteroatoms. The summed E-state index contributed by atoms with van der Waals surface area (Å²) in [5.41, 5.74) is 0.139. The average Bonchev–Trinajstić information content (AvgIpc) is 2.83. The highest BCUT2D eigenvalue weighted by molar-refractivity contribution is 5.45. The predicted molar refractivity (Wildman–Crippen MR) is 67.0 cm³/mol. The molecule has 0 aliphatic heterocycles. The number of hydrogen-bond acceptors (Lipinski definition) is 4. The summed E-state index contributed by atoms with van der Waals surface area (Å²) in [5.74, 6) is 0.762. The quantitative estimate of drug-likeness (QED) is 0.826. The summed E-state index contributed by atoms with van der Waals surface area (Å²) in [6.45, 7) is 4.48. The van der Waals surface area contributed by atoms with Crippen molar-refractivity contribution < 1.29 is 5.11 Å². The van der Waals surface area contributed by atoms with Crippen molar-refractivity contribution in [1.82, 2.24) is 14.6 Å². The number of fused-ring (bicyclic) bond motifs is 1. The second-order valence-corrected chi connectivity index (χ2v) is 4.23. The molecule has 0 saturated carbocycles. The van der Waals surface area contributed by atoms with Crippen molar-refractivity contribution in [2.24, 2.45) is 0 Å². The third-order valence-electron chi connectivity index (χ3n) is 3.17. The van der Waals surface area contributed by atoms with Gasteiger partial charge in [-0.15, -0.1) is 0 Å². The standard InChI is InChI=1S/C12H18N4O/c1-3-12(17,4-2)9-13-10-6-8-16-11(15-10)5-7-14-16/h5-8,17H,3-4,9H2,1-2H3,(H,13,15). The Morgan fingerprint density at radius 1 is 1.35 bits per heavy atom. The molecule has 2 N–H and O–H groups in total. The summed E-state index contributed by atoms with van der Waals surface area (Å²) < 4.78 is 1.71. The molecule has 0 unspecified atom stereocenters. The number of nitrogens with zero attached hydrogens (tertiary/aromatic N) is 3. The lowest BCUT2D eigenvalue weighted by molar-refractivity contribution is 0.0456. The molecule has 17 heavy (non-hydrogen) atoms. The van der Waals surface area contributed by atoms with E-state index >= 15 is 0 Å². The first kappa shape index (κ1) is 11.9. The SMILES string of the molecule is CCC(O)(CC)CNc1ccn2nccc2n1. The highest BCUT2D eigenvalue weighted by Gasteiger charge is 2.21. The lowest BCUT2D eigenvalue weighted by atomic mass is 9.98. The van der Waals surface area contributed by atoms with Crippen molar-refractivity contribution in [3.8, 4) is 0 Å². The zero-order chi connectivity index (χ0) is 12.3. The van der Waals surface area contributed by atoms with E-state index in [1.807, 2.05) is 32.2 Å². The minimum Gasteiger partial charge on any atom is -0.388 e. The molecule has 0 fully saturated rings. The minimum absolute atomic E-state index is 0.511. The summed E-state index contributed by atoms with van der Waals surface area (Å²) in [5, 5.41) is 17.4. The second kappa shape index (κ2) is 4.71. The van der Waals surface area contributed by atoms with Crippen LogP contribution >= 0.6 is 0 Å². The number of rotatable bonds is 5. The number of nitrogens with one attached hydrogen (secondary N) is 1. The largest absolute Gasteiger partial charge is 0.388 e. The maximum Gasteiger partial charge on any atom is 0.157 e. The molecule has 0 bridgehead atoms. The van der Waals surface area contributed by atoms with Crippen molar-refractivity contribution in [1.29, 1.82) is 0 Å². The second-order valence-electron chi connectivity index (χ2n) is 4.23. The van der Waals surface area contributed by atoms with Gasteiger partial charge in [-0.1, -0.05) is 13.8 Å². The molecule has 92 valence electrons. The van der Waals surface area contributed by atoms with Gasteiger partial charge in [-0.2, -0.15) is 5.10 Å². The Labute approximate surface area is 100 Å². The molecule has 0 aliphatic carbocycles. The van der Waals surface area contributed by atoms with Gasteiger partial charge in [0, 0.05) is 18.8 Å². The van der Waals surface area contributed by atoms with Gasteiger partial charge in [-0.3, -0.25) is 0 Å². The molecule has 2 heterocycles. The highest BCUT2D eigenvalue weighted by atomic mass is 16.3. The fourth-order valence-corrected chi connectivity index (χ4v) is 1.67. The third-order valence-corrected chi connectivity index (χ3v) is 3.17.